The number of hydrogen-bond donors (Lipinski definition) is 2. The molecule has 8 nitrogen and oxygen atoms in total. The number of anilines is 1. The van der Waals surface area contributed by atoms with Gasteiger partial charge in [-0.3, -0.25) is 0 Å². The molecule has 29 heavy (non-hydrogen) atoms. The van der Waals surface area contributed by atoms with Crippen molar-refractivity contribution in [1.29, 1.82) is 0 Å². The molecule has 2 bridgehead atoms. The first-order valence-corrected chi connectivity index (χ1v) is 10.0. The van der Waals surface area contributed by atoms with Crippen LogP contribution in [-0.2, 0) is 0 Å². The summed E-state index contributed by atoms with van der Waals surface area (Å²) in [4.78, 5) is 10.7. The third-order valence-corrected chi connectivity index (χ3v) is 6.32. The van der Waals surface area contributed by atoms with Crippen molar-refractivity contribution in [2.24, 2.45) is 0 Å². The molecule has 150 valence electrons. The van der Waals surface area contributed by atoms with Crippen molar-refractivity contribution in [3.63, 3.8) is 0 Å². The zero-order chi connectivity index (χ0) is 20.0. The minimum absolute atomic E-state index is 0.113. The van der Waals surface area contributed by atoms with Gasteiger partial charge in [0.2, 0.25) is 0 Å². The van der Waals surface area contributed by atoms with E-state index in [1.165, 1.54) is 12.8 Å². The fraction of sp³-hybridized carbons (Fsp3) is 0.429. The van der Waals surface area contributed by atoms with Gasteiger partial charge in [-0.05, 0) is 44.7 Å². The van der Waals surface area contributed by atoms with Crippen molar-refractivity contribution in [3.05, 3.63) is 43.1 Å². The van der Waals surface area contributed by atoms with Crippen LogP contribution in [0, 0.1) is 0 Å². The predicted octanol–water partition coefficient (Wildman–Crippen LogP) is 2.54. The Morgan fingerprint density at radius 3 is 2.90 bits per heavy atom. The first-order chi connectivity index (χ1) is 14.0. The van der Waals surface area contributed by atoms with E-state index in [0.29, 0.717) is 23.5 Å². The topological polar surface area (TPSA) is 92.0 Å². The van der Waals surface area contributed by atoms with E-state index >= 15 is 0 Å². The summed E-state index contributed by atoms with van der Waals surface area (Å²) in [7, 11) is 2.07. The maximum absolute atomic E-state index is 10.5. The summed E-state index contributed by atoms with van der Waals surface area (Å²) in [5.41, 5.74) is 1.61. The second-order valence-electron chi connectivity index (χ2n) is 8.46. The van der Waals surface area contributed by atoms with E-state index in [-0.39, 0.29) is 11.3 Å². The van der Waals surface area contributed by atoms with Gasteiger partial charge in [0.25, 0.3) is 0 Å². The van der Waals surface area contributed by atoms with E-state index in [2.05, 4.69) is 44.4 Å². The lowest BCUT2D eigenvalue weighted by Crippen LogP contribution is -2.53. The lowest BCUT2D eigenvalue weighted by Gasteiger charge is -2.40. The number of aromatic hydroxyl groups is 1. The average Bonchev–Trinajstić information content (AvgIpc) is 3.35. The average molecular weight is 391 g/mol. The Bertz CT molecular complexity index is 1000. The number of fused-ring (bicyclic) bond motifs is 2. The summed E-state index contributed by atoms with van der Waals surface area (Å²) in [5, 5.41) is 22.9. The molecule has 0 amide bonds. The number of nitrogens with one attached hydrogen (secondary N) is 1. The van der Waals surface area contributed by atoms with Crippen LogP contribution in [0.25, 0.3) is 17.1 Å². The molecule has 2 saturated heterocycles. The maximum Gasteiger partial charge on any atom is 0.185 e. The molecule has 0 aliphatic carbocycles. The van der Waals surface area contributed by atoms with Crippen LogP contribution in [0.2, 0.25) is 0 Å². The van der Waals surface area contributed by atoms with Gasteiger partial charge in [-0.1, -0.05) is 0 Å². The minimum Gasteiger partial charge on any atom is -0.507 e. The first kappa shape index (κ1) is 18.1. The molecular weight excluding hydrogens is 366 g/mol. The first-order valence-electron chi connectivity index (χ1n) is 10.0. The Morgan fingerprint density at radius 1 is 1.31 bits per heavy atom. The molecule has 2 aliphatic heterocycles. The van der Waals surface area contributed by atoms with Gasteiger partial charge in [-0.15, -0.1) is 10.2 Å². The Labute approximate surface area is 169 Å². The summed E-state index contributed by atoms with van der Waals surface area (Å²) in [6, 6.07) is 6.39. The summed E-state index contributed by atoms with van der Waals surface area (Å²) in [6.45, 7) is 2.32. The van der Waals surface area contributed by atoms with Crippen LogP contribution in [0.4, 0.5) is 5.82 Å². The molecule has 2 aromatic heterocycles. The van der Waals surface area contributed by atoms with Crippen molar-refractivity contribution < 1.29 is 5.11 Å². The highest BCUT2D eigenvalue weighted by Crippen LogP contribution is 2.38. The Morgan fingerprint density at radius 2 is 2.21 bits per heavy atom. The molecule has 1 unspecified atom stereocenters. The van der Waals surface area contributed by atoms with E-state index in [1.54, 1.807) is 30.9 Å². The summed E-state index contributed by atoms with van der Waals surface area (Å²) in [6.07, 6.45) is 11.7. The molecule has 1 aromatic carbocycles. The lowest BCUT2D eigenvalue weighted by molar-refractivity contribution is 0.266. The molecule has 5 rings (SSSR count). The van der Waals surface area contributed by atoms with Crippen molar-refractivity contribution in [3.8, 4) is 22.8 Å². The highest BCUT2D eigenvalue weighted by molar-refractivity contribution is 5.66. The number of phenolic OH excluding ortho intramolecular Hbond substituents is 1. The largest absolute Gasteiger partial charge is 0.507 e. The molecular formula is C21H25N7O. The molecule has 2 N–H and O–H groups in total. The van der Waals surface area contributed by atoms with Crippen molar-refractivity contribution >= 4 is 5.82 Å². The van der Waals surface area contributed by atoms with E-state index in [0.717, 1.165) is 24.3 Å². The highest BCUT2D eigenvalue weighted by atomic mass is 16.3. The van der Waals surface area contributed by atoms with Gasteiger partial charge in [0, 0.05) is 43.1 Å². The number of imidazole rings is 1. The van der Waals surface area contributed by atoms with Crippen molar-refractivity contribution in [2.75, 3.05) is 11.9 Å². The van der Waals surface area contributed by atoms with Crippen LogP contribution in [-0.4, -0.2) is 54.5 Å². The van der Waals surface area contributed by atoms with Crippen LogP contribution in [0.5, 0.6) is 5.75 Å². The molecule has 2 fully saturated rings. The van der Waals surface area contributed by atoms with Crippen LogP contribution in [0.15, 0.2) is 43.1 Å². The number of piperidine rings is 1. The number of hydrogen-bond acceptors (Lipinski definition) is 7. The van der Waals surface area contributed by atoms with Crippen LogP contribution in [0.1, 0.15) is 32.6 Å². The van der Waals surface area contributed by atoms with Gasteiger partial charge in [0.15, 0.2) is 11.6 Å². The van der Waals surface area contributed by atoms with Gasteiger partial charge in [0.1, 0.15) is 5.75 Å². The third-order valence-electron chi connectivity index (χ3n) is 6.32. The van der Waals surface area contributed by atoms with Gasteiger partial charge < -0.3 is 19.9 Å². The molecule has 4 heterocycles. The number of rotatable bonds is 4. The number of aromatic nitrogens is 5. The predicted molar refractivity (Wildman–Crippen MR) is 110 cm³/mol. The second-order valence-corrected chi connectivity index (χ2v) is 8.46. The van der Waals surface area contributed by atoms with Gasteiger partial charge >= 0.3 is 0 Å². The van der Waals surface area contributed by atoms with Gasteiger partial charge in [-0.2, -0.15) is 0 Å². The number of phenols is 1. The summed E-state index contributed by atoms with van der Waals surface area (Å²) in [5.74, 6) is 1.29. The normalized spacial score (nSPS) is 25.9. The van der Waals surface area contributed by atoms with Crippen molar-refractivity contribution in [1.82, 2.24) is 30.0 Å². The molecule has 0 radical (unpaired) electrons. The summed E-state index contributed by atoms with van der Waals surface area (Å²) >= 11 is 0. The van der Waals surface area contributed by atoms with Gasteiger partial charge in [0.05, 0.1) is 23.8 Å². The van der Waals surface area contributed by atoms with Crippen LogP contribution < -0.4 is 10.2 Å². The molecule has 3 aromatic rings. The number of nitrogens with zero attached hydrogens (tertiary/aromatic N) is 6. The van der Waals surface area contributed by atoms with E-state index in [4.69, 9.17) is 0 Å². The standard InChI is InChI=1S/C21H25N7O/c1-21-6-5-14(24-21)9-16(11-21)27(2)19-12-23-20(26-25-19)17-4-3-15(10-18(17)29)28-8-7-22-13-28/h3-4,7-8,10,12-14,16,24,29H,5-6,9,11H2,1-2H3/t14?,16-,21+/m1/s1. The molecule has 0 saturated carbocycles. The lowest BCUT2D eigenvalue weighted by atomic mass is 9.88. The highest BCUT2D eigenvalue weighted by Gasteiger charge is 2.43. The van der Waals surface area contributed by atoms with Crippen molar-refractivity contribution in [2.45, 2.75) is 50.2 Å². The molecule has 0 spiro atoms. The smallest absolute Gasteiger partial charge is 0.185 e. The number of benzene rings is 1. The Kier molecular flexibility index (Phi) is 4.24. The van der Waals surface area contributed by atoms with E-state index in [1.807, 2.05) is 16.8 Å². The van der Waals surface area contributed by atoms with Gasteiger partial charge in [-0.25, -0.2) is 9.97 Å². The monoisotopic (exact) mass is 391 g/mol. The quantitative estimate of drug-likeness (QED) is 0.706. The van der Waals surface area contributed by atoms with E-state index < -0.39 is 0 Å². The SMILES string of the molecule is CN(c1cnc(-c2ccc(-n3ccnc3)cc2O)nn1)[C@@H]1CC2CC[C@@](C)(C1)N2. The maximum atomic E-state index is 10.5. The molecule has 8 heteroatoms. The minimum atomic E-state index is 0.113. The van der Waals surface area contributed by atoms with Crippen LogP contribution >= 0.6 is 0 Å². The third kappa shape index (κ3) is 3.33. The zero-order valence-corrected chi connectivity index (χ0v) is 16.7. The zero-order valence-electron chi connectivity index (χ0n) is 16.7. The second kappa shape index (κ2) is 6.81. The fourth-order valence-corrected chi connectivity index (χ4v) is 4.72. The molecule has 2 aliphatic rings. The fourth-order valence-electron chi connectivity index (χ4n) is 4.72. The molecule has 3 atom stereocenters. The van der Waals surface area contributed by atoms with Crippen LogP contribution in [0.3, 0.4) is 0 Å². The Hall–Kier alpha value is -3.00. The van der Waals surface area contributed by atoms with E-state index in [9.17, 15) is 5.11 Å². The Balaban J connectivity index is 1.35. The summed E-state index contributed by atoms with van der Waals surface area (Å²) < 4.78 is 1.83.